The van der Waals surface area contributed by atoms with E-state index in [0.29, 0.717) is 0 Å². The van der Waals surface area contributed by atoms with Crippen molar-refractivity contribution in [2.45, 2.75) is 0 Å². The fourth-order valence-corrected chi connectivity index (χ4v) is 3.47. The van der Waals surface area contributed by atoms with Crippen LogP contribution in [0.2, 0.25) is 0 Å². The Morgan fingerprint density at radius 3 is 2.66 bits per heavy atom. The summed E-state index contributed by atoms with van der Waals surface area (Å²) in [6.45, 7) is 0. The second-order valence-corrected chi connectivity index (χ2v) is 6.25. The zero-order valence-electron chi connectivity index (χ0n) is 15.0. The molecule has 2 N–H and O–H groups in total. The van der Waals surface area contributed by atoms with Gasteiger partial charge in [-0.15, -0.1) is 0 Å². The van der Waals surface area contributed by atoms with E-state index in [4.69, 9.17) is 0 Å². The molecule has 0 fully saturated rings. The highest BCUT2D eigenvalue weighted by atomic mass is 19.1. The molecule has 0 aliphatic rings. The Kier molecular flexibility index (Phi) is 4.24. The molecule has 0 aliphatic heterocycles. The largest absolute Gasteiger partial charge is 0.508 e. The molecule has 0 spiro atoms. The van der Waals surface area contributed by atoms with Crippen molar-refractivity contribution >= 4 is 17.1 Å². The molecule has 0 radical (unpaired) electrons. The van der Waals surface area contributed by atoms with Crippen molar-refractivity contribution in [3.63, 3.8) is 0 Å². The van der Waals surface area contributed by atoms with Crippen molar-refractivity contribution in [3.05, 3.63) is 65.4 Å². The highest BCUT2D eigenvalue weighted by molar-refractivity contribution is 6.07. The number of phenols is 1. The maximum Gasteiger partial charge on any atom is 0.150 e. The van der Waals surface area contributed by atoms with Crippen LogP contribution in [0, 0.1) is 23.0 Å². The van der Waals surface area contributed by atoms with Gasteiger partial charge in [-0.2, -0.15) is 10.4 Å². The van der Waals surface area contributed by atoms with E-state index < -0.39 is 11.6 Å². The topological polar surface area (TPSA) is 99.4 Å². The first-order chi connectivity index (χ1) is 14.0. The molecule has 0 saturated carbocycles. The number of nitriles is 1. The second-order valence-electron chi connectivity index (χ2n) is 6.25. The summed E-state index contributed by atoms with van der Waals surface area (Å²) in [5.74, 6) is -1.65. The molecular formula is C20H13F2N5O2. The van der Waals surface area contributed by atoms with Crippen molar-refractivity contribution in [1.82, 2.24) is 14.3 Å². The highest BCUT2D eigenvalue weighted by Crippen LogP contribution is 2.38. The number of phenolic OH excluding ortho intramolecular Hbond substituents is 1. The fourth-order valence-electron chi connectivity index (χ4n) is 3.47. The Balaban J connectivity index is 2.27. The van der Waals surface area contributed by atoms with Gasteiger partial charge in [0.2, 0.25) is 0 Å². The summed E-state index contributed by atoms with van der Waals surface area (Å²) in [6.07, 6.45) is 2.37. The van der Waals surface area contributed by atoms with Gasteiger partial charge in [-0.25, -0.2) is 8.78 Å². The van der Waals surface area contributed by atoms with E-state index in [0.717, 1.165) is 12.3 Å². The second kappa shape index (κ2) is 6.76. The standard InChI is InChI=1S/C20H13F2N5O2/c1-26-19(11(8-23)9-24-26)20-13(10-25-29)18-14(21)3-2-4-17(18)27(20)16-6-5-12(28)7-15(16)22/h2-7,9-10,28-29H,1H3/b25-10-. The van der Waals surface area contributed by atoms with Gasteiger partial charge in [0.05, 0.1) is 34.9 Å². The monoisotopic (exact) mass is 393 g/mol. The van der Waals surface area contributed by atoms with Crippen molar-refractivity contribution in [3.8, 4) is 28.9 Å². The quantitative estimate of drug-likeness (QED) is 0.315. The molecule has 0 unspecified atom stereocenters. The molecule has 9 heteroatoms. The van der Waals surface area contributed by atoms with E-state index >= 15 is 0 Å². The van der Waals surface area contributed by atoms with Gasteiger partial charge >= 0.3 is 0 Å². The fraction of sp³-hybridized carbons (Fsp3) is 0.0500. The lowest BCUT2D eigenvalue weighted by atomic mass is 10.1. The van der Waals surface area contributed by atoms with Crippen LogP contribution in [0.3, 0.4) is 0 Å². The van der Waals surface area contributed by atoms with Crippen LogP contribution in [0.4, 0.5) is 8.78 Å². The molecule has 0 atom stereocenters. The molecule has 4 rings (SSSR count). The van der Waals surface area contributed by atoms with Gasteiger partial charge in [0, 0.05) is 24.1 Å². The number of hydrogen-bond donors (Lipinski definition) is 2. The summed E-state index contributed by atoms with van der Waals surface area (Å²) < 4.78 is 32.4. The first-order valence-electron chi connectivity index (χ1n) is 8.39. The van der Waals surface area contributed by atoms with Crippen LogP contribution in [-0.2, 0) is 7.05 Å². The van der Waals surface area contributed by atoms with Crippen LogP contribution >= 0.6 is 0 Å². The third-order valence-electron chi connectivity index (χ3n) is 4.62. The Hall–Kier alpha value is -4.19. The SMILES string of the molecule is Cn1ncc(C#N)c1-c1c(/C=N\O)c2c(F)cccc2n1-c1ccc(O)cc1F. The number of halogens is 2. The third kappa shape index (κ3) is 2.70. The minimum atomic E-state index is -0.763. The molecule has 2 aromatic carbocycles. The summed E-state index contributed by atoms with van der Waals surface area (Å²) in [7, 11) is 1.58. The maximum atomic E-state index is 14.8. The van der Waals surface area contributed by atoms with Crippen LogP contribution in [0.5, 0.6) is 5.75 Å². The lowest BCUT2D eigenvalue weighted by molar-refractivity contribution is 0.322. The number of hydrogen-bond acceptors (Lipinski definition) is 5. The number of rotatable bonds is 3. The average molecular weight is 393 g/mol. The van der Waals surface area contributed by atoms with Crippen molar-refractivity contribution in [2.75, 3.05) is 0 Å². The molecule has 0 amide bonds. The summed E-state index contributed by atoms with van der Waals surface area (Å²) in [5.41, 5.74) is 1.10. The minimum absolute atomic E-state index is 0.0103. The summed E-state index contributed by atoms with van der Waals surface area (Å²) in [6, 6.07) is 9.84. The molecule has 7 nitrogen and oxygen atoms in total. The van der Waals surface area contributed by atoms with Gasteiger partial charge in [0.25, 0.3) is 0 Å². The summed E-state index contributed by atoms with van der Waals surface area (Å²) in [4.78, 5) is 0. The number of oxime groups is 1. The average Bonchev–Trinajstić information content (AvgIpc) is 3.20. The van der Waals surface area contributed by atoms with Gasteiger partial charge in [-0.3, -0.25) is 4.68 Å². The van der Waals surface area contributed by atoms with Crippen LogP contribution < -0.4 is 0 Å². The predicted molar refractivity (Wildman–Crippen MR) is 101 cm³/mol. The zero-order valence-corrected chi connectivity index (χ0v) is 15.0. The molecule has 2 aromatic heterocycles. The molecule has 29 heavy (non-hydrogen) atoms. The van der Waals surface area contributed by atoms with Crippen molar-refractivity contribution in [2.24, 2.45) is 12.2 Å². The zero-order chi connectivity index (χ0) is 20.7. The first-order valence-corrected chi connectivity index (χ1v) is 8.39. The van der Waals surface area contributed by atoms with E-state index in [9.17, 15) is 24.4 Å². The predicted octanol–water partition coefficient (Wildman–Crippen LogP) is 3.69. The van der Waals surface area contributed by atoms with Crippen molar-refractivity contribution < 1.29 is 19.1 Å². The van der Waals surface area contributed by atoms with E-state index in [-0.39, 0.29) is 44.9 Å². The van der Waals surface area contributed by atoms with Crippen LogP contribution in [0.15, 0.2) is 47.8 Å². The van der Waals surface area contributed by atoms with Crippen molar-refractivity contribution in [1.29, 1.82) is 5.26 Å². The van der Waals surface area contributed by atoms with Crippen LogP contribution in [0.1, 0.15) is 11.1 Å². The molecular weight excluding hydrogens is 380 g/mol. The first kappa shape index (κ1) is 18.2. The normalized spacial score (nSPS) is 11.4. The molecule has 0 bridgehead atoms. The van der Waals surface area contributed by atoms with Crippen LogP contribution in [-0.4, -0.2) is 30.9 Å². The van der Waals surface area contributed by atoms with E-state index in [2.05, 4.69) is 10.3 Å². The van der Waals surface area contributed by atoms with Gasteiger partial charge in [-0.05, 0) is 24.3 Å². The van der Waals surface area contributed by atoms with Crippen LogP contribution in [0.25, 0.3) is 28.0 Å². The smallest absolute Gasteiger partial charge is 0.150 e. The number of benzene rings is 2. The third-order valence-corrected chi connectivity index (χ3v) is 4.62. The lowest BCUT2D eigenvalue weighted by Gasteiger charge is -2.13. The summed E-state index contributed by atoms with van der Waals surface area (Å²) in [5, 5.41) is 35.5. The van der Waals surface area contributed by atoms with E-state index in [1.54, 1.807) is 13.1 Å². The Morgan fingerprint density at radius 1 is 1.17 bits per heavy atom. The molecule has 2 heterocycles. The molecule has 4 aromatic rings. The minimum Gasteiger partial charge on any atom is -0.508 e. The molecule has 0 aliphatic carbocycles. The highest BCUT2D eigenvalue weighted by Gasteiger charge is 2.26. The Morgan fingerprint density at radius 2 is 1.97 bits per heavy atom. The Labute approximate surface area is 163 Å². The van der Waals surface area contributed by atoms with Gasteiger partial charge < -0.3 is 14.9 Å². The van der Waals surface area contributed by atoms with Gasteiger partial charge in [0.15, 0.2) is 5.82 Å². The maximum absolute atomic E-state index is 14.8. The van der Waals surface area contributed by atoms with Gasteiger partial charge in [-0.1, -0.05) is 11.2 Å². The summed E-state index contributed by atoms with van der Waals surface area (Å²) >= 11 is 0. The van der Waals surface area contributed by atoms with E-state index in [1.807, 2.05) is 6.07 Å². The lowest BCUT2D eigenvalue weighted by Crippen LogP contribution is -2.05. The number of aryl methyl sites for hydroxylation is 1. The Bertz CT molecular complexity index is 1330. The number of aromatic nitrogens is 3. The van der Waals surface area contributed by atoms with Gasteiger partial charge in [0.1, 0.15) is 23.3 Å². The molecule has 0 saturated heterocycles. The number of aromatic hydroxyl groups is 1. The number of fused-ring (bicyclic) bond motifs is 1. The van der Waals surface area contributed by atoms with E-state index in [1.165, 1.54) is 39.7 Å². The molecule has 144 valence electrons. The number of nitrogens with zero attached hydrogens (tertiary/aromatic N) is 5.